The van der Waals surface area contributed by atoms with Gasteiger partial charge in [-0.2, -0.15) is 0 Å². The summed E-state index contributed by atoms with van der Waals surface area (Å²) >= 11 is 3.23. The minimum absolute atomic E-state index is 0.155. The molecule has 10 heavy (non-hydrogen) atoms. The van der Waals surface area contributed by atoms with Gasteiger partial charge in [0.1, 0.15) is 0 Å². The van der Waals surface area contributed by atoms with E-state index in [1.54, 1.807) is 23.5 Å². The molecular formula is C7H6OS2. The fourth-order valence-electron chi connectivity index (χ4n) is 0.800. The summed E-state index contributed by atoms with van der Waals surface area (Å²) in [6.45, 7) is 0. The minimum Gasteiger partial charge on any atom is -0.296 e. The maximum absolute atomic E-state index is 11.3. The number of carbonyl (C=O) groups excluding carboxylic acids is 1. The van der Waals surface area contributed by atoms with E-state index in [0.29, 0.717) is 5.78 Å². The van der Waals surface area contributed by atoms with Crippen molar-refractivity contribution in [2.45, 2.75) is 10.5 Å². The van der Waals surface area contributed by atoms with Crippen molar-refractivity contribution in [3.05, 3.63) is 23.0 Å². The zero-order valence-electron chi connectivity index (χ0n) is 5.19. The van der Waals surface area contributed by atoms with Crippen LogP contribution in [-0.4, -0.2) is 16.3 Å². The molecular weight excluding hydrogens is 164 g/mol. The molecule has 2 aliphatic heterocycles. The van der Waals surface area contributed by atoms with E-state index in [4.69, 9.17) is 0 Å². The maximum Gasteiger partial charge on any atom is 0.167 e. The van der Waals surface area contributed by atoms with E-state index in [-0.39, 0.29) is 10.5 Å². The normalized spacial score (nSPS) is 34.8. The largest absolute Gasteiger partial charge is 0.296 e. The molecule has 1 nitrogen and oxygen atoms in total. The van der Waals surface area contributed by atoms with E-state index >= 15 is 0 Å². The van der Waals surface area contributed by atoms with Crippen LogP contribution in [0.3, 0.4) is 0 Å². The van der Waals surface area contributed by atoms with Crippen LogP contribution in [0.5, 0.6) is 0 Å². The molecule has 52 valence electrons. The predicted octanol–water partition coefficient (Wildman–Crippen LogP) is 1.81. The van der Waals surface area contributed by atoms with Crippen LogP contribution in [-0.2, 0) is 4.79 Å². The van der Waals surface area contributed by atoms with Crippen LogP contribution < -0.4 is 0 Å². The second-order valence-corrected chi connectivity index (χ2v) is 4.28. The first-order valence-corrected chi connectivity index (χ1v) is 4.94. The summed E-state index contributed by atoms with van der Waals surface area (Å²) in [6.07, 6.45) is 3.92. The molecule has 0 spiro atoms. The van der Waals surface area contributed by atoms with Gasteiger partial charge in [0.2, 0.25) is 0 Å². The van der Waals surface area contributed by atoms with Gasteiger partial charge >= 0.3 is 0 Å². The summed E-state index contributed by atoms with van der Waals surface area (Å²) < 4.78 is 0. The van der Waals surface area contributed by atoms with Crippen LogP contribution in [0.1, 0.15) is 0 Å². The molecule has 0 aromatic heterocycles. The van der Waals surface area contributed by atoms with Crippen LogP contribution in [0, 0.1) is 0 Å². The number of rotatable bonds is 2. The molecule has 2 rings (SSSR count). The number of hydrogen-bond donors (Lipinski definition) is 0. The number of thioether (sulfide) groups is 2. The SMILES string of the molecule is O=C(C1C=CS1)C1C=CS1. The van der Waals surface area contributed by atoms with Gasteiger partial charge in [-0.1, -0.05) is 12.2 Å². The zero-order chi connectivity index (χ0) is 6.97. The van der Waals surface area contributed by atoms with Gasteiger partial charge < -0.3 is 0 Å². The lowest BCUT2D eigenvalue weighted by Gasteiger charge is -2.22. The Kier molecular flexibility index (Phi) is 1.62. The zero-order valence-corrected chi connectivity index (χ0v) is 6.82. The molecule has 2 atom stereocenters. The summed E-state index contributed by atoms with van der Waals surface area (Å²) in [4.78, 5) is 11.3. The molecule has 0 amide bonds. The predicted molar refractivity (Wildman–Crippen MR) is 46.0 cm³/mol. The molecule has 3 heteroatoms. The standard InChI is InChI=1S/C7H6OS2/c8-7(5-1-3-9-5)6-2-4-10-6/h1-6H. The Balaban J connectivity index is 1.98. The molecule has 0 saturated heterocycles. The topological polar surface area (TPSA) is 17.1 Å². The van der Waals surface area contributed by atoms with Crippen molar-refractivity contribution in [3.8, 4) is 0 Å². The Morgan fingerprint density at radius 1 is 1.10 bits per heavy atom. The fraction of sp³-hybridized carbons (Fsp3) is 0.286. The van der Waals surface area contributed by atoms with Gasteiger partial charge in [-0.3, -0.25) is 4.79 Å². The second kappa shape index (κ2) is 2.47. The molecule has 2 aliphatic rings. The van der Waals surface area contributed by atoms with Crippen LogP contribution >= 0.6 is 23.5 Å². The number of Topliss-reactive ketones (excluding diaryl/α,β-unsaturated/α-hetero) is 1. The van der Waals surface area contributed by atoms with E-state index < -0.39 is 0 Å². The second-order valence-electron chi connectivity index (χ2n) is 2.17. The van der Waals surface area contributed by atoms with Crippen LogP contribution in [0.25, 0.3) is 0 Å². The van der Waals surface area contributed by atoms with Gasteiger partial charge in [-0.15, -0.1) is 23.5 Å². The van der Waals surface area contributed by atoms with Crippen molar-refractivity contribution in [3.63, 3.8) is 0 Å². The van der Waals surface area contributed by atoms with Crippen molar-refractivity contribution >= 4 is 29.3 Å². The highest BCUT2D eigenvalue weighted by molar-refractivity contribution is 8.06. The quantitative estimate of drug-likeness (QED) is 0.629. The van der Waals surface area contributed by atoms with Gasteiger partial charge in [-0.25, -0.2) is 0 Å². The van der Waals surface area contributed by atoms with Crippen LogP contribution in [0.2, 0.25) is 0 Å². The fourth-order valence-corrected chi connectivity index (χ4v) is 2.08. The Morgan fingerprint density at radius 3 is 1.70 bits per heavy atom. The third-order valence-corrected chi connectivity index (χ3v) is 3.51. The average molecular weight is 170 g/mol. The molecule has 0 aliphatic carbocycles. The van der Waals surface area contributed by atoms with Gasteiger partial charge in [-0.05, 0) is 10.8 Å². The van der Waals surface area contributed by atoms with E-state index in [2.05, 4.69) is 0 Å². The van der Waals surface area contributed by atoms with Gasteiger partial charge in [0.25, 0.3) is 0 Å². The molecule has 2 heterocycles. The van der Waals surface area contributed by atoms with Crippen molar-refractivity contribution in [2.24, 2.45) is 0 Å². The van der Waals surface area contributed by atoms with Crippen LogP contribution in [0.15, 0.2) is 23.0 Å². The Hall–Kier alpha value is -0.150. The molecule has 0 bridgehead atoms. The summed E-state index contributed by atoms with van der Waals surface area (Å²) in [6, 6.07) is 0. The van der Waals surface area contributed by atoms with Gasteiger partial charge in [0, 0.05) is 0 Å². The summed E-state index contributed by atoms with van der Waals surface area (Å²) in [5.41, 5.74) is 0. The minimum atomic E-state index is 0.155. The van der Waals surface area contributed by atoms with E-state index in [0.717, 1.165) is 0 Å². The molecule has 2 unspecified atom stereocenters. The highest BCUT2D eigenvalue weighted by Gasteiger charge is 2.29. The Bertz CT molecular complexity index is 198. The smallest absolute Gasteiger partial charge is 0.167 e. The molecule has 0 radical (unpaired) electrons. The first-order chi connectivity index (χ1) is 4.88. The first-order valence-electron chi connectivity index (χ1n) is 3.06. The maximum atomic E-state index is 11.3. The lowest BCUT2D eigenvalue weighted by atomic mass is 10.2. The van der Waals surface area contributed by atoms with Gasteiger partial charge in [0.05, 0.1) is 10.5 Å². The molecule has 0 N–H and O–H groups in total. The average Bonchev–Trinajstić information content (AvgIpc) is 1.52. The lowest BCUT2D eigenvalue weighted by Crippen LogP contribution is -2.29. The third kappa shape index (κ3) is 0.935. The van der Waals surface area contributed by atoms with Crippen LogP contribution in [0.4, 0.5) is 0 Å². The van der Waals surface area contributed by atoms with E-state index in [9.17, 15) is 4.79 Å². The Labute approximate surface area is 67.9 Å². The van der Waals surface area contributed by atoms with Crippen molar-refractivity contribution in [2.75, 3.05) is 0 Å². The van der Waals surface area contributed by atoms with Crippen molar-refractivity contribution in [1.29, 1.82) is 0 Å². The summed E-state index contributed by atoms with van der Waals surface area (Å²) in [5.74, 6) is 0.347. The highest BCUT2D eigenvalue weighted by Crippen LogP contribution is 2.33. The molecule has 0 aromatic carbocycles. The number of ketones is 1. The Morgan fingerprint density at radius 2 is 1.50 bits per heavy atom. The molecule has 0 aromatic rings. The lowest BCUT2D eigenvalue weighted by molar-refractivity contribution is -0.116. The third-order valence-electron chi connectivity index (χ3n) is 1.52. The first kappa shape index (κ1) is 6.55. The summed E-state index contributed by atoms with van der Waals surface area (Å²) in [5, 5.41) is 4.25. The van der Waals surface area contributed by atoms with Gasteiger partial charge in [0.15, 0.2) is 5.78 Å². The van der Waals surface area contributed by atoms with E-state index in [1.165, 1.54) is 0 Å². The molecule has 0 saturated carbocycles. The van der Waals surface area contributed by atoms with Crippen molar-refractivity contribution < 1.29 is 4.79 Å². The van der Waals surface area contributed by atoms with E-state index in [1.807, 2.05) is 23.0 Å². The number of carbonyl (C=O) groups is 1. The highest BCUT2D eigenvalue weighted by atomic mass is 32.2. The number of hydrogen-bond acceptors (Lipinski definition) is 3. The summed E-state index contributed by atoms with van der Waals surface area (Å²) in [7, 11) is 0. The van der Waals surface area contributed by atoms with Crippen molar-refractivity contribution in [1.82, 2.24) is 0 Å². The molecule has 0 fully saturated rings. The monoisotopic (exact) mass is 170 g/mol.